The summed E-state index contributed by atoms with van der Waals surface area (Å²) in [5.74, 6) is 0. The van der Waals surface area contributed by atoms with Crippen molar-refractivity contribution in [2.45, 2.75) is 66.2 Å². The van der Waals surface area contributed by atoms with Gasteiger partial charge in [-0.3, -0.25) is 0 Å². The number of aryl methyl sites for hydroxylation is 1. The van der Waals surface area contributed by atoms with Crippen molar-refractivity contribution in [2.75, 3.05) is 0 Å². The maximum absolute atomic E-state index is 6.42. The summed E-state index contributed by atoms with van der Waals surface area (Å²) in [6, 6.07) is 59.9. The molecule has 88 heavy (non-hydrogen) atoms. The first-order chi connectivity index (χ1) is 41.7. The summed E-state index contributed by atoms with van der Waals surface area (Å²) in [5, 5.41) is 2.49. The Hall–Kier alpha value is -2.92. The molecule has 438 valence electrons. The number of rotatable bonds is 0. The van der Waals surface area contributed by atoms with Crippen LogP contribution in [0.25, 0.3) is 72.9 Å². The summed E-state index contributed by atoms with van der Waals surface area (Å²) < 4.78 is 19.1. The predicted molar refractivity (Wildman–Crippen MR) is 412 cm³/mol. The molecule has 0 N–H and O–H groups in total. The van der Waals surface area contributed by atoms with Crippen molar-refractivity contribution in [1.82, 2.24) is 0 Å². The molecule has 0 saturated carbocycles. The Balaban J connectivity index is 0.000000122. The first kappa shape index (κ1) is 63.8. The first-order valence-corrected chi connectivity index (χ1v) is 83.6. The van der Waals surface area contributed by atoms with E-state index in [1.807, 2.05) is 6.07 Å². The van der Waals surface area contributed by atoms with Crippen molar-refractivity contribution in [1.29, 1.82) is 0 Å². The third kappa shape index (κ3) is 11.5. The van der Waals surface area contributed by atoms with Gasteiger partial charge in [-0.05, 0) is 0 Å². The zero-order valence-corrected chi connectivity index (χ0v) is 72.5. The molecule has 15 rings (SSSR count). The average molecular weight is 1850 g/mol. The molecule has 9 aromatic rings. The molecule has 0 aliphatic carbocycles. The first-order valence-electron chi connectivity index (χ1n) is 31.1. The van der Waals surface area contributed by atoms with Crippen LogP contribution in [-0.2, 0) is 0 Å². The molecule has 0 aromatic heterocycles. The van der Waals surface area contributed by atoms with Gasteiger partial charge in [-0.2, -0.15) is 0 Å². The molecule has 0 spiro atoms. The summed E-state index contributed by atoms with van der Waals surface area (Å²) >= 11 is 2.75. The molecule has 9 heteroatoms. The van der Waals surface area contributed by atoms with Crippen molar-refractivity contribution >= 4 is 261 Å². The molecule has 6 aliphatic heterocycles. The Morgan fingerprint density at radius 2 is 0.409 bits per heavy atom. The third-order valence-electron chi connectivity index (χ3n) is 20.6. The van der Waals surface area contributed by atoms with E-state index in [-0.39, 0.29) is 0 Å². The van der Waals surface area contributed by atoms with Crippen LogP contribution in [0, 0.1) is 6.92 Å². The molecule has 6 heterocycles. The molecule has 6 aliphatic rings. The van der Waals surface area contributed by atoms with Crippen LogP contribution in [0.4, 0.5) is 0 Å². The molecule has 0 fully saturated rings. The molecular weight excluding hydrogens is 1770 g/mol. The minimum absolute atomic E-state index is 0.816. The van der Waals surface area contributed by atoms with Crippen LogP contribution in [0.1, 0.15) is 72.3 Å². The van der Waals surface area contributed by atoms with Gasteiger partial charge in [-0.15, -0.1) is 0 Å². The van der Waals surface area contributed by atoms with E-state index < -0.39 is 110 Å². The van der Waals surface area contributed by atoms with Gasteiger partial charge in [-0.25, -0.2) is 0 Å². The Morgan fingerprint density at radius 1 is 0.193 bits per heavy atom. The topological polar surface area (TPSA) is 0 Å². The average Bonchev–Trinajstić information content (AvgIpc) is 1.56. The third-order valence-corrected chi connectivity index (χ3v) is 82.5. The number of fused-ring (bicyclic) bond motifs is 12. The molecular formula is C79H77Cl3Sn6. The van der Waals surface area contributed by atoms with Crippen molar-refractivity contribution in [2.24, 2.45) is 0 Å². The van der Waals surface area contributed by atoms with Crippen molar-refractivity contribution in [3.8, 4) is 0 Å². The Morgan fingerprint density at radius 3 is 0.750 bits per heavy atom. The van der Waals surface area contributed by atoms with Gasteiger partial charge >= 0.3 is 572 Å². The Bertz CT molecular complexity index is 4330. The van der Waals surface area contributed by atoms with Crippen LogP contribution < -0.4 is 43.0 Å². The SMILES string of the molecule is Cc1ccc2[c](c1)[Sn]([CH3])([CH3])[c]1cc3[c](cc1C=C2)[Sn]([CH3])([CH3])[c]1ccc(Cl)cc1C=C3.[CH3][Sn]1([CH3])[c]2ccc(Cl)cc2C=Cc2c[c]3c(c[c]21)C=Cc1ccc(Cl)c[c]1[Sn]3([CH3])[CH3].[CH3][Sn]1([CH3])[c]2ccccc2C=Cc2c[c]3c(c[c]21)C=Cc1cccc[c]1[Sn]3([CH3])[CH3]. The molecule has 0 nitrogen and oxygen atoms in total. The van der Waals surface area contributed by atoms with Crippen molar-refractivity contribution in [3.05, 3.63) is 245 Å². The quantitative estimate of drug-likeness (QED) is 0.133. The molecule has 0 radical (unpaired) electrons. The van der Waals surface area contributed by atoms with Crippen LogP contribution >= 0.6 is 34.8 Å². The second-order valence-corrected chi connectivity index (χ2v) is 104. The van der Waals surface area contributed by atoms with Crippen LogP contribution in [0.2, 0.25) is 74.3 Å². The van der Waals surface area contributed by atoms with E-state index in [1.54, 1.807) is 35.8 Å². The maximum atomic E-state index is 6.42. The van der Waals surface area contributed by atoms with Gasteiger partial charge in [-0.1, -0.05) is 0 Å². The molecule has 0 amide bonds. The number of halogens is 3. The van der Waals surface area contributed by atoms with Gasteiger partial charge in [0.25, 0.3) is 0 Å². The molecule has 0 unspecified atom stereocenters. The summed E-state index contributed by atoms with van der Waals surface area (Å²) in [4.78, 5) is 30.7. The number of hydrogen-bond acceptors (Lipinski definition) is 0. The van der Waals surface area contributed by atoms with E-state index >= 15 is 0 Å². The van der Waals surface area contributed by atoms with Crippen LogP contribution in [-0.4, -0.2) is 110 Å². The molecule has 0 atom stereocenters. The standard InChI is InChI=1S/C23H15Cl.C22H12Cl2.C22H14.12CH3.6Sn/c1-18-5-7-19(8-6-18)9-10-20-11-13-21(14-12-20)15-16-22-3-2-4-23(24)17-22;23-21-14-12-19(13-15-21)9-8-17-4-6-18(7-5-17)10-11-20-2-1-3-22(24)16-20;1-3-7-19(8-4-1)11-13-21-15-17-22(18-16-21)14-12-20-9-5-2-6-10-20;;;;;;;;;;;;;;;;;;/h2,4-7,9-11,14-17H,1H3;1,3-4,7-12,14-16H;1-7,9,11-15,18H;12*1H3;;;;;;. The second-order valence-electron chi connectivity index (χ2n) is 28.3. The van der Waals surface area contributed by atoms with Crippen LogP contribution in [0.15, 0.2) is 158 Å². The summed E-state index contributed by atoms with van der Waals surface area (Å²) in [6.45, 7) is 2.22. The van der Waals surface area contributed by atoms with Gasteiger partial charge in [0.1, 0.15) is 0 Å². The zero-order chi connectivity index (χ0) is 62.0. The second kappa shape index (κ2) is 24.1. The number of benzene rings is 9. The molecule has 9 aromatic carbocycles. The summed E-state index contributed by atoms with van der Waals surface area (Å²) in [5.41, 5.74) is 18.3. The Labute approximate surface area is 563 Å². The monoisotopic (exact) mass is 1850 g/mol. The summed E-state index contributed by atoms with van der Waals surface area (Å²) in [7, 11) is 0. The van der Waals surface area contributed by atoms with Crippen molar-refractivity contribution < 1.29 is 0 Å². The van der Waals surface area contributed by atoms with Gasteiger partial charge in [0.2, 0.25) is 0 Å². The number of hydrogen-bond donors (Lipinski definition) is 0. The van der Waals surface area contributed by atoms with E-state index in [4.69, 9.17) is 34.8 Å². The minimum atomic E-state index is -2.81. The zero-order valence-electron chi connectivity index (χ0n) is 53.1. The van der Waals surface area contributed by atoms with Gasteiger partial charge in [0.05, 0.1) is 0 Å². The van der Waals surface area contributed by atoms with E-state index in [0.29, 0.717) is 0 Å². The molecule has 0 bridgehead atoms. The summed E-state index contributed by atoms with van der Waals surface area (Å²) in [6.07, 6.45) is 28.1. The van der Waals surface area contributed by atoms with Gasteiger partial charge < -0.3 is 0 Å². The predicted octanol–water partition coefficient (Wildman–Crippen LogP) is 15.2. The van der Waals surface area contributed by atoms with E-state index in [2.05, 4.69) is 291 Å². The van der Waals surface area contributed by atoms with E-state index in [1.165, 1.54) is 79.5 Å². The molecule has 0 saturated heterocycles. The van der Waals surface area contributed by atoms with E-state index in [9.17, 15) is 0 Å². The van der Waals surface area contributed by atoms with Crippen LogP contribution in [0.5, 0.6) is 0 Å². The Kier molecular flexibility index (Phi) is 17.5. The fraction of sp³-hybridized carbons (Fsp3) is 0.165. The van der Waals surface area contributed by atoms with Gasteiger partial charge in [0, 0.05) is 0 Å². The fourth-order valence-corrected chi connectivity index (χ4v) is 69.1. The van der Waals surface area contributed by atoms with Crippen LogP contribution in [0.3, 0.4) is 0 Å². The normalized spacial score (nSPS) is 17.4. The van der Waals surface area contributed by atoms with Crippen molar-refractivity contribution in [3.63, 3.8) is 0 Å². The van der Waals surface area contributed by atoms with E-state index in [0.717, 1.165) is 15.1 Å². The van der Waals surface area contributed by atoms with Gasteiger partial charge in [0.15, 0.2) is 0 Å². The fourth-order valence-electron chi connectivity index (χ4n) is 15.4.